The van der Waals surface area contributed by atoms with E-state index in [4.69, 9.17) is 4.98 Å². The van der Waals surface area contributed by atoms with Crippen LogP contribution in [0.3, 0.4) is 0 Å². The summed E-state index contributed by atoms with van der Waals surface area (Å²) in [5.74, 6) is 0. The number of hydrogen-bond acceptors (Lipinski definition) is 5. The molecule has 0 radical (unpaired) electrons. The quantitative estimate of drug-likeness (QED) is 0.539. The van der Waals surface area contributed by atoms with Gasteiger partial charge >= 0.3 is 0 Å². The van der Waals surface area contributed by atoms with E-state index < -0.39 is 0 Å². The van der Waals surface area contributed by atoms with Crippen molar-refractivity contribution >= 4 is 37.3 Å². The van der Waals surface area contributed by atoms with Gasteiger partial charge in [-0.2, -0.15) is 0 Å². The van der Waals surface area contributed by atoms with Gasteiger partial charge in [-0.3, -0.25) is 14.3 Å². The number of nitrogens with zero attached hydrogens (tertiary/aromatic N) is 4. The van der Waals surface area contributed by atoms with Gasteiger partial charge in [-0.1, -0.05) is 19.1 Å². The van der Waals surface area contributed by atoms with Gasteiger partial charge in [-0.05, 0) is 37.0 Å². The van der Waals surface area contributed by atoms with Gasteiger partial charge in [0.2, 0.25) is 0 Å². The third kappa shape index (κ3) is 2.63. The van der Waals surface area contributed by atoms with E-state index in [1.165, 1.54) is 29.7 Å². The third-order valence-electron chi connectivity index (χ3n) is 5.34. The molecular formula is C21H20N4OS. The molecule has 0 bridgehead atoms. The van der Waals surface area contributed by atoms with Crippen molar-refractivity contribution in [2.45, 2.75) is 26.2 Å². The van der Waals surface area contributed by atoms with Gasteiger partial charge < -0.3 is 4.90 Å². The Labute approximate surface area is 160 Å². The SMILES string of the molecule is CCc1ccc(-n2cnc3c(sc4cncc(N5CCCC5)c43)c2=O)cc1. The number of pyridine rings is 1. The molecule has 0 atom stereocenters. The van der Waals surface area contributed by atoms with E-state index in [-0.39, 0.29) is 5.56 Å². The van der Waals surface area contributed by atoms with E-state index in [1.807, 2.05) is 24.5 Å². The first-order chi connectivity index (χ1) is 13.3. The molecule has 1 fully saturated rings. The van der Waals surface area contributed by atoms with Crippen molar-refractivity contribution in [3.05, 3.63) is 58.9 Å². The van der Waals surface area contributed by atoms with Gasteiger partial charge in [0.1, 0.15) is 11.0 Å². The maximum atomic E-state index is 13.2. The Hall–Kier alpha value is -2.73. The zero-order chi connectivity index (χ0) is 18.4. The topological polar surface area (TPSA) is 51.0 Å². The first-order valence-corrected chi connectivity index (χ1v) is 10.2. The Bertz CT molecular complexity index is 1190. The van der Waals surface area contributed by atoms with Crippen LogP contribution in [-0.4, -0.2) is 27.6 Å². The van der Waals surface area contributed by atoms with Crippen molar-refractivity contribution in [2.24, 2.45) is 0 Å². The maximum absolute atomic E-state index is 13.2. The molecule has 0 unspecified atom stereocenters. The summed E-state index contributed by atoms with van der Waals surface area (Å²) < 4.78 is 3.36. The number of fused-ring (bicyclic) bond motifs is 3. The number of thiophene rings is 1. The summed E-state index contributed by atoms with van der Waals surface area (Å²) in [6, 6.07) is 8.09. The Morgan fingerprint density at radius 1 is 1.11 bits per heavy atom. The van der Waals surface area contributed by atoms with Crippen LogP contribution in [0, 0.1) is 0 Å². The van der Waals surface area contributed by atoms with Crippen molar-refractivity contribution in [1.82, 2.24) is 14.5 Å². The van der Waals surface area contributed by atoms with Crippen LogP contribution in [0.2, 0.25) is 0 Å². The molecule has 5 nitrogen and oxygen atoms in total. The predicted molar refractivity (Wildman–Crippen MR) is 111 cm³/mol. The zero-order valence-electron chi connectivity index (χ0n) is 15.2. The van der Waals surface area contributed by atoms with Crippen LogP contribution >= 0.6 is 11.3 Å². The monoisotopic (exact) mass is 376 g/mol. The molecule has 4 heterocycles. The number of anilines is 1. The van der Waals surface area contributed by atoms with E-state index in [2.05, 4.69) is 28.9 Å². The van der Waals surface area contributed by atoms with Crippen LogP contribution in [0.1, 0.15) is 25.3 Å². The van der Waals surface area contributed by atoms with Crippen LogP contribution in [0.5, 0.6) is 0 Å². The van der Waals surface area contributed by atoms with Gasteiger partial charge in [0.05, 0.1) is 27.8 Å². The first kappa shape index (κ1) is 16.4. The fraction of sp³-hybridized carbons (Fsp3) is 0.286. The highest BCUT2D eigenvalue weighted by molar-refractivity contribution is 7.25. The van der Waals surface area contributed by atoms with Gasteiger partial charge in [-0.25, -0.2) is 4.98 Å². The average Bonchev–Trinajstić information content (AvgIpc) is 3.37. The molecule has 1 saturated heterocycles. The summed E-state index contributed by atoms with van der Waals surface area (Å²) in [6.45, 7) is 4.20. The normalized spacial score (nSPS) is 14.5. The third-order valence-corrected chi connectivity index (χ3v) is 6.44. The largest absolute Gasteiger partial charge is 0.370 e. The summed E-state index contributed by atoms with van der Waals surface area (Å²) in [4.78, 5) is 24.7. The lowest BCUT2D eigenvalue weighted by molar-refractivity contribution is 0.949. The van der Waals surface area contributed by atoms with E-state index in [1.54, 1.807) is 10.9 Å². The molecule has 136 valence electrons. The van der Waals surface area contributed by atoms with Gasteiger partial charge in [0.15, 0.2) is 0 Å². The average molecular weight is 376 g/mol. The molecule has 1 aromatic carbocycles. The highest BCUT2D eigenvalue weighted by atomic mass is 32.1. The van der Waals surface area contributed by atoms with Crippen molar-refractivity contribution in [3.63, 3.8) is 0 Å². The van der Waals surface area contributed by atoms with E-state index in [9.17, 15) is 4.79 Å². The fourth-order valence-corrected chi connectivity index (χ4v) is 4.91. The summed E-state index contributed by atoms with van der Waals surface area (Å²) in [5.41, 5.74) is 3.99. The summed E-state index contributed by atoms with van der Waals surface area (Å²) in [5, 5.41) is 1.07. The van der Waals surface area contributed by atoms with Crippen LogP contribution < -0.4 is 10.5 Å². The van der Waals surface area contributed by atoms with Gasteiger partial charge in [0.25, 0.3) is 5.56 Å². The summed E-state index contributed by atoms with van der Waals surface area (Å²) >= 11 is 1.49. The highest BCUT2D eigenvalue weighted by Gasteiger charge is 2.20. The second-order valence-corrected chi connectivity index (χ2v) is 8.00. The molecule has 6 heteroatoms. The van der Waals surface area contributed by atoms with Crippen LogP contribution in [-0.2, 0) is 6.42 Å². The molecule has 0 saturated carbocycles. The molecule has 0 spiro atoms. The number of rotatable bonds is 3. The standard InChI is InChI=1S/C21H20N4OS/c1-2-14-5-7-15(8-6-14)25-13-23-19-18-16(24-9-3-4-10-24)11-22-12-17(18)27-20(19)21(25)26/h5-8,11-13H,2-4,9-10H2,1H3. The zero-order valence-corrected chi connectivity index (χ0v) is 16.0. The lowest BCUT2D eigenvalue weighted by Crippen LogP contribution is -2.19. The molecule has 0 aliphatic carbocycles. The second kappa shape index (κ2) is 6.46. The fourth-order valence-electron chi connectivity index (χ4n) is 3.84. The van der Waals surface area contributed by atoms with E-state index in [0.717, 1.165) is 46.5 Å². The molecule has 3 aromatic heterocycles. The Kier molecular flexibility index (Phi) is 3.93. The number of benzene rings is 1. The first-order valence-electron chi connectivity index (χ1n) is 9.38. The van der Waals surface area contributed by atoms with E-state index in [0.29, 0.717) is 4.70 Å². The Balaban J connectivity index is 1.72. The van der Waals surface area contributed by atoms with Crippen LogP contribution in [0.4, 0.5) is 5.69 Å². The molecular weight excluding hydrogens is 356 g/mol. The molecule has 27 heavy (non-hydrogen) atoms. The van der Waals surface area contributed by atoms with Crippen molar-refractivity contribution in [2.75, 3.05) is 18.0 Å². The Morgan fingerprint density at radius 2 is 1.89 bits per heavy atom. The molecule has 0 amide bonds. The molecule has 0 N–H and O–H groups in total. The smallest absolute Gasteiger partial charge is 0.275 e. The number of aromatic nitrogens is 3. The number of hydrogen-bond donors (Lipinski definition) is 0. The molecule has 5 rings (SSSR count). The van der Waals surface area contributed by atoms with Crippen molar-refractivity contribution < 1.29 is 0 Å². The summed E-state index contributed by atoms with van der Waals surface area (Å²) in [6.07, 6.45) is 8.80. The lowest BCUT2D eigenvalue weighted by atomic mass is 10.1. The lowest BCUT2D eigenvalue weighted by Gasteiger charge is -2.18. The van der Waals surface area contributed by atoms with Crippen LogP contribution in [0.25, 0.3) is 26.0 Å². The predicted octanol–water partition coefficient (Wildman–Crippen LogP) is 4.16. The minimum atomic E-state index is -0.0159. The number of aryl methyl sites for hydroxylation is 1. The Morgan fingerprint density at radius 3 is 2.63 bits per heavy atom. The minimum absolute atomic E-state index is 0.0159. The van der Waals surface area contributed by atoms with Crippen LogP contribution in [0.15, 0.2) is 47.8 Å². The van der Waals surface area contributed by atoms with E-state index >= 15 is 0 Å². The molecule has 1 aliphatic rings. The second-order valence-electron chi connectivity index (χ2n) is 6.95. The van der Waals surface area contributed by atoms with Gasteiger partial charge in [-0.15, -0.1) is 11.3 Å². The molecule has 1 aliphatic heterocycles. The van der Waals surface area contributed by atoms with Crippen molar-refractivity contribution in [3.8, 4) is 5.69 Å². The molecule has 4 aromatic rings. The highest BCUT2D eigenvalue weighted by Crippen LogP contribution is 2.37. The van der Waals surface area contributed by atoms with Crippen molar-refractivity contribution in [1.29, 1.82) is 0 Å². The minimum Gasteiger partial charge on any atom is -0.370 e. The summed E-state index contributed by atoms with van der Waals surface area (Å²) in [7, 11) is 0. The van der Waals surface area contributed by atoms with Gasteiger partial charge in [0, 0.05) is 24.7 Å². The maximum Gasteiger partial charge on any atom is 0.275 e.